The molecule has 1 heterocycles. The Balaban J connectivity index is 2.06. The van der Waals surface area contributed by atoms with Gasteiger partial charge >= 0.3 is 0 Å². The molecule has 9 heteroatoms. The van der Waals surface area contributed by atoms with Crippen LogP contribution in [0.3, 0.4) is 0 Å². The van der Waals surface area contributed by atoms with Crippen LogP contribution in [0, 0.1) is 16.0 Å². The summed E-state index contributed by atoms with van der Waals surface area (Å²) in [6, 6.07) is 5.67. The maximum absolute atomic E-state index is 12.3. The van der Waals surface area contributed by atoms with Gasteiger partial charge in [-0.05, 0) is 25.8 Å². The molecule has 0 aromatic heterocycles. The Morgan fingerprint density at radius 2 is 2.22 bits per heavy atom. The summed E-state index contributed by atoms with van der Waals surface area (Å²) in [5, 5.41) is 13.4. The summed E-state index contributed by atoms with van der Waals surface area (Å²) in [6.45, 7) is 2.15. The summed E-state index contributed by atoms with van der Waals surface area (Å²) in [5.41, 5.74) is 0.223. The molecule has 8 nitrogen and oxygen atoms in total. The highest BCUT2D eigenvalue weighted by molar-refractivity contribution is 7.89. The van der Waals surface area contributed by atoms with Gasteiger partial charge in [0.25, 0.3) is 5.69 Å². The van der Waals surface area contributed by atoms with E-state index in [1.807, 2.05) is 0 Å². The molecule has 1 saturated heterocycles. The predicted octanol–water partition coefficient (Wildman–Crippen LogP) is 1.59. The normalized spacial score (nSPS) is 19.3. The van der Waals surface area contributed by atoms with E-state index < -0.39 is 20.9 Å². The van der Waals surface area contributed by atoms with E-state index in [-0.39, 0.29) is 23.9 Å². The van der Waals surface area contributed by atoms with E-state index in [4.69, 9.17) is 0 Å². The van der Waals surface area contributed by atoms with Crippen LogP contribution in [0.2, 0.25) is 0 Å². The molecule has 0 unspecified atom stereocenters. The first-order chi connectivity index (χ1) is 10.8. The summed E-state index contributed by atoms with van der Waals surface area (Å²) >= 11 is 0. The van der Waals surface area contributed by atoms with Gasteiger partial charge in [-0.3, -0.25) is 14.9 Å². The van der Waals surface area contributed by atoms with Crippen LogP contribution < -0.4 is 5.32 Å². The minimum Gasteiger partial charge on any atom is -0.326 e. The molecule has 126 valence electrons. The molecule has 0 aliphatic carbocycles. The van der Waals surface area contributed by atoms with Crippen molar-refractivity contribution < 1.29 is 18.1 Å². The number of nitrogens with zero attached hydrogens (tertiary/aromatic N) is 2. The van der Waals surface area contributed by atoms with Gasteiger partial charge in [0.15, 0.2) is 0 Å². The van der Waals surface area contributed by atoms with Crippen LogP contribution in [0.25, 0.3) is 0 Å². The number of hydrogen-bond acceptors (Lipinski definition) is 5. The highest BCUT2D eigenvalue weighted by Crippen LogP contribution is 2.22. The molecule has 1 aromatic rings. The summed E-state index contributed by atoms with van der Waals surface area (Å²) in [4.78, 5) is 22.5. The fourth-order valence-corrected chi connectivity index (χ4v) is 3.71. The number of anilines is 1. The quantitative estimate of drug-likeness (QED) is 0.646. The highest BCUT2D eigenvalue weighted by atomic mass is 32.2. The number of amides is 1. The van der Waals surface area contributed by atoms with Crippen molar-refractivity contribution >= 4 is 27.3 Å². The van der Waals surface area contributed by atoms with E-state index >= 15 is 0 Å². The van der Waals surface area contributed by atoms with Gasteiger partial charge in [0.1, 0.15) is 0 Å². The number of carbonyl (C=O) groups is 1. The Hall–Kier alpha value is -2.00. The standard InChI is InChI=1S/C14H19N3O5S/c1-2-23(21,22)16-8-4-5-11(10-16)14(18)15-12-6-3-7-13(9-12)17(19)20/h3,6-7,9,11H,2,4-5,8,10H2,1H3,(H,15,18)/t11-/m0/s1. The molecule has 23 heavy (non-hydrogen) atoms. The molecule has 0 spiro atoms. The third-order valence-electron chi connectivity index (χ3n) is 3.84. The molecule has 1 N–H and O–H groups in total. The molecule has 0 saturated carbocycles. The van der Waals surface area contributed by atoms with Crippen molar-refractivity contribution in [2.24, 2.45) is 5.92 Å². The second kappa shape index (κ2) is 7.05. The number of nitrogens with one attached hydrogen (secondary N) is 1. The number of rotatable bonds is 5. The Labute approximate surface area is 134 Å². The lowest BCUT2D eigenvalue weighted by molar-refractivity contribution is -0.384. The number of nitro groups is 1. The number of benzene rings is 1. The van der Waals surface area contributed by atoms with Crippen molar-refractivity contribution in [2.45, 2.75) is 19.8 Å². The van der Waals surface area contributed by atoms with Crippen molar-refractivity contribution in [3.63, 3.8) is 0 Å². The van der Waals surface area contributed by atoms with Gasteiger partial charge < -0.3 is 5.32 Å². The van der Waals surface area contributed by atoms with Crippen LogP contribution in [-0.2, 0) is 14.8 Å². The zero-order valence-corrected chi connectivity index (χ0v) is 13.6. The SMILES string of the molecule is CCS(=O)(=O)N1CCC[C@H](C(=O)Nc2cccc([N+](=O)[O-])c2)C1. The highest BCUT2D eigenvalue weighted by Gasteiger charge is 2.31. The van der Waals surface area contributed by atoms with Crippen molar-refractivity contribution in [3.05, 3.63) is 34.4 Å². The van der Waals surface area contributed by atoms with Crippen molar-refractivity contribution in [3.8, 4) is 0 Å². The van der Waals surface area contributed by atoms with Crippen LogP contribution in [0.1, 0.15) is 19.8 Å². The fourth-order valence-electron chi connectivity index (χ4n) is 2.53. The maximum Gasteiger partial charge on any atom is 0.271 e. The summed E-state index contributed by atoms with van der Waals surface area (Å²) in [6.07, 6.45) is 1.21. The Kier molecular flexibility index (Phi) is 5.32. The van der Waals surface area contributed by atoms with E-state index in [2.05, 4.69) is 5.32 Å². The van der Waals surface area contributed by atoms with Crippen LogP contribution in [-0.4, -0.2) is 42.4 Å². The maximum atomic E-state index is 12.3. The molecule has 0 bridgehead atoms. The summed E-state index contributed by atoms with van der Waals surface area (Å²) in [7, 11) is -3.31. The summed E-state index contributed by atoms with van der Waals surface area (Å²) in [5.74, 6) is -0.766. The Bertz CT molecular complexity index is 704. The van der Waals surface area contributed by atoms with E-state index in [9.17, 15) is 23.3 Å². The molecule has 1 amide bonds. The zero-order chi connectivity index (χ0) is 17.0. The molecule has 1 aliphatic heterocycles. The molecule has 0 radical (unpaired) electrons. The van der Waals surface area contributed by atoms with Crippen molar-refractivity contribution in [1.29, 1.82) is 0 Å². The van der Waals surface area contributed by atoms with Gasteiger partial charge in [0.2, 0.25) is 15.9 Å². The van der Waals surface area contributed by atoms with Gasteiger partial charge in [-0.2, -0.15) is 0 Å². The van der Waals surface area contributed by atoms with Gasteiger partial charge in [-0.1, -0.05) is 6.07 Å². The van der Waals surface area contributed by atoms with E-state index in [1.165, 1.54) is 22.5 Å². The topological polar surface area (TPSA) is 110 Å². The molecule has 1 aliphatic rings. The monoisotopic (exact) mass is 341 g/mol. The molecule has 2 rings (SSSR count). The summed E-state index contributed by atoms with van der Waals surface area (Å²) < 4.78 is 25.2. The molecular weight excluding hydrogens is 322 g/mol. The molecule has 1 atom stereocenters. The number of piperidine rings is 1. The van der Waals surface area contributed by atoms with Crippen LogP contribution in [0.5, 0.6) is 0 Å². The van der Waals surface area contributed by atoms with Crippen LogP contribution in [0.4, 0.5) is 11.4 Å². The Morgan fingerprint density at radius 1 is 1.48 bits per heavy atom. The average molecular weight is 341 g/mol. The number of non-ortho nitro benzene ring substituents is 1. The predicted molar refractivity (Wildman–Crippen MR) is 85.5 cm³/mol. The second-order valence-electron chi connectivity index (χ2n) is 5.39. The minimum absolute atomic E-state index is 0.00617. The number of nitro benzene ring substituents is 1. The zero-order valence-electron chi connectivity index (χ0n) is 12.8. The second-order valence-corrected chi connectivity index (χ2v) is 7.65. The molecule has 1 aromatic carbocycles. The third-order valence-corrected chi connectivity index (χ3v) is 5.69. The van der Waals surface area contributed by atoms with Gasteiger partial charge in [0.05, 0.1) is 16.6 Å². The van der Waals surface area contributed by atoms with E-state index in [0.29, 0.717) is 25.1 Å². The van der Waals surface area contributed by atoms with Crippen LogP contribution >= 0.6 is 0 Å². The third kappa shape index (κ3) is 4.26. The minimum atomic E-state index is -3.31. The first-order valence-electron chi connectivity index (χ1n) is 7.36. The van der Waals surface area contributed by atoms with Gasteiger partial charge in [-0.15, -0.1) is 0 Å². The molecular formula is C14H19N3O5S. The number of sulfonamides is 1. The lowest BCUT2D eigenvalue weighted by atomic mass is 9.98. The van der Waals surface area contributed by atoms with Gasteiger partial charge in [-0.25, -0.2) is 12.7 Å². The van der Waals surface area contributed by atoms with E-state index in [1.54, 1.807) is 13.0 Å². The Morgan fingerprint density at radius 3 is 2.87 bits per heavy atom. The van der Waals surface area contributed by atoms with Crippen molar-refractivity contribution in [1.82, 2.24) is 4.31 Å². The lowest BCUT2D eigenvalue weighted by Gasteiger charge is -2.30. The van der Waals surface area contributed by atoms with Gasteiger partial charge in [0, 0.05) is 30.9 Å². The smallest absolute Gasteiger partial charge is 0.271 e. The fraction of sp³-hybridized carbons (Fsp3) is 0.500. The van der Waals surface area contributed by atoms with Crippen LogP contribution in [0.15, 0.2) is 24.3 Å². The average Bonchev–Trinajstić information content (AvgIpc) is 2.55. The molecule has 1 fully saturated rings. The van der Waals surface area contributed by atoms with Crippen molar-refractivity contribution in [2.75, 3.05) is 24.2 Å². The van der Waals surface area contributed by atoms with E-state index in [0.717, 1.165) is 0 Å². The number of carbonyl (C=O) groups excluding carboxylic acids is 1. The first kappa shape index (κ1) is 17.4. The first-order valence-corrected chi connectivity index (χ1v) is 8.97. The largest absolute Gasteiger partial charge is 0.326 e. The number of hydrogen-bond donors (Lipinski definition) is 1. The lowest BCUT2D eigenvalue weighted by Crippen LogP contribution is -2.44.